The lowest BCUT2D eigenvalue weighted by Gasteiger charge is -2.26. The van der Waals surface area contributed by atoms with Crippen molar-refractivity contribution in [1.82, 2.24) is 15.5 Å². The predicted octanol–water partition coefficient (Wildman–Crippen LogP) is -0.194. The van der Waals surface area contributed by atoms with Crippen LogP contribution in [-0.4, -0.2) is 49.6 Å². The van der Waals surface area contributed by atoms with E-state index in [2.05, 4.69) is 29.4 Å². The lowest BCUT2D eigenvalue weighted by molar-refractivity contribution is -0.124. The number of piperazine rings is 1. The predicted molar refractivity (Wildman–Crippen MR) is 57.2 cm³/mol. The van der Waals surface area contributed by atoms with E-state index >= 15 is 0 Å². The molecule has 0 aromatic heterocycles. The fourth-order valence-electron chi connectivity index (χ4n) is 1.58. The molecule has 0 unspecified atom stereocenters. The molecule has 14 heavy (non-hydrogen) atoms. The van der Waals surface area contributed by atoms with Crippen molar-refractivity contribution in [2.75, 3.05) is 32.7 Å². The average molecular weight is 199 g/mol. The summed E-state index contributed by atoms with van der Waals surface area (Å²) in [5, 5.41) is 6.19. The first-order valence-electron chi connectivity index (χ1n) is 5.41. The molecule has 1 fully saturated rings. The van der Waals surface area contributed by atoms with Gasteiger partial charge >= 0.3 is 0 Å². The zero-order valence-electron chi connectivity index (χ0n) is 9.18. The van der Waals surface area contributed by atoms with Crippen LogP contribution in [0.15, 0.2) is 0 Å². The van der Waals surface area contributed by atoms with Crippen LogP contribution in [0.1, 0.15) is 20.3 Å². The van der Waals surface area contributed by atoms with Crippen molar-refractivity contribution in [2.24, 2.45) is 0 Å². The number of rotatable bonds is 5. The average Bonchev–Trinajstić information content (AvgIpc) is 2.12. The molecule has 0 saturated carbocycles. The van der Waals surface area contributed by atoms with Gasteiger partial charge < -0.3 is 10.6 Å². The van der Waals surface area contributed by atoms with Gasteiger partial charge in [0.2, 0.25) is 5.91 Å². The van der Waals surface area contributed by atoms with Gasteiger partial charge in [-0.15, -0.1) is 0 Å². The Labute approximate surface area is 86.0 Å². The molecular formula is C10H21N3O. The van der Waals surface area contributed by atoms with E-state index in [1.54, 1.807) is 0 Å². The monoisotopic (exact) mass is 199 g/mol. The number of carbonyl (C=O) groups is 1. The fraction of sp³-hybridized carbons (Fsp3) is 0.900. The summed E-state index contributed by atoms with van der Waals surface area (Å²) in [5.41, 5.74) is 0. The van der Waals surface area contributed by atoms with E-state index in [9.17, 15) is 4.79 Å². The molecule has 1 amide bonds. The standard InChI is InChI=1S/C10H21N3O/c1-9(2)11-4-3-6-13-7-5-12-10(14)8-13/h9,11H,3-8H2,1-2H3,(H,12,14). The van der Waals surface area contributed by atoms with E-state index in [4.69, 9.17) is 0 Å². The van der Waals surface area contributed by atoms with Gasteiger partial charge in [-0.1, -0.05) is 13.8 Å². The lowest BCUT2D eigenvalue weighted by atomic mass is 10.3. The Morgan fingerprint density at radius 1 is 1.57 bits per heavy atom. The van der Waals surface area contributed by atoms with E-state index in [-0.39, 0.29) is 5.91 Å². The quantitative estimate of drug-likeness (QED) is 0.603. The molecule has 82 valence electrons. The maximum atomic E-state index is 11.0. The third-order valence-electron chi connectivity index (χ3n) is 2.32. The summed E-state index contributed by atoms with van der Waals surface area (Å²) in [6.07, 6.45) is 1.12. The number of hydrogen-bond acceptors (Lipinski definition) is 3. The first-order valence-corrected chi connectivity index (χ1v) is 5.41. The number of nitrogens with one attached hydrogen (secondary N) is 2. The van der Waals surface area contributed by atoms with Gasteiger partial charge in [0.05, 0.1) is 6.54 Å². The van der Waals surface area contributed by atoms with Crippen molar-refractivity contribution >= 4 is 5.91 Å². The highest BCUT2D eigenvalue weighted by Gasteiger charge is 2.14. The zero-order valence-corrected chi connectivity index (χ0v) is 9.18. The Kier molecular flexibility index (Phi) is 4.90. The van der Waals surface area contributed by atoms with Crippen LogP contribution in [0.25, 0.3) is 0 Å². The van der Waals surface area contributed by atoms with Gasteiger partial charge in [-0.3, -0.25) is 9.69 Å². The lowest BCUT2D eigenvalue weighted by Crippen LogP contribution is -2.48. The van der Waals surface area contributed by atoms with Crippen LogP contribution in [0, 0.1) is 0 Å². The van der Waals surface area contributed by atoms with E-state index in [1.807, 2.05) is 0 Å². The van der Waals surface area contributed by atoms with E-state index in [1.165, 1.54) is 0 Å². The number of amides is 1. The van der Waals surface area contributed by atoms with Crippen LogP contribution in [0.2, 0.25) is 0 Å². The minimum atomic E-state index is 0.160. The van der Waals surface area contributed by atoms with Crippen LogP contribution >= 0.6 is 0 Å². The van der Waals surface area contributed by atoms with Crippen molar-refractivity contribution in [3.05, 3.63) is 0 Å². The molecule has 4 nitrogen and oxygen atoms in total. The first kappa shape index (κ1) is 11.5. The van der Waals surface area contributed by atoms with Crippen molar-refractivity contribution in [2.45, 2.75) is 26.3 Å². The smallest absolute Gasteiger partial charge is 0.234 e. The molecule has 0 spiro atoms. The van der Waals surface area contributed by atoms with Crippen molar-refractivity contribution in [3.8, 4) is 0 Å². The summed E-state index contributed by atoms with van der Waals surface area (Å²) in [6, 6.07) is 0.555. The minimum absolute atomic E-state index is 0.160. The van der Waals surface area contributed by atoms with E-state index in [0.717, 1.165) is 32.6 Å². The number of hydrogen-bond donors (Lipinski definition) is 2. The van der Waals surface area contributed by atoms with Crippen LogP contribution < -0.4 is 10.6 Å². The van der Waals surface area contributed by atoms with Gasteiger partial charge in [-0.25, -0.2) is 0 Å². The van der Waals surface area contributed by atoms with E-state index < -0.39 is 0 Å². The summed E-state index contributed by atoms with van der Waals surface area (Å²) < 4.78 is 0. The largest absolute Gasteiger partial charge is 0.354 e. The van der Waals surface area contributed by atoms with Crippen LogP contribution in [-0.2, 0) is 4.79 Å². The molecule has 1 rings (SSSR count). The maximum Gasteiger partial charge on any atom is 0.234 e. The Morgan fingerprint density at radius 2 is 2.36 bits per heavy atom. The van der Waals surface area contributed by atoms with Crippen molar-refractivity contribution < 1.29 is 4.79 Å². The zero-order chi connectivity index (χ0) is 10.4. The van der Waals surface area contributed by atoms with E-state index in [0.29, 0.717) is 12.6 Å². The highest BCUT2D eigenvalue weighted by atomic mass is 16.2. The molecule has 2 N–H and O–H groups in total. The second-order valence-corrected chi connectivity index (χ2v) is 4.09. The van der Waals surface area contributed by atoms with Gasteiger partial charge in [0.25, 0.3) is 0 Å². The molecule has 1 aliphatic heterocycles. The Balaban J connectivity index is 2.03. The molecule has 4 heteroatoms. The van der Waals surface area contributed by atoms with Crippen molar-refractivity contribution in [1.29, 1.82) is 0 Å². The third kappa shape index (κ3) is 4.58. The molecule has 1 aliphatic rings. The highest BCUT2D eigenvalue weighted by Crippen LogP contribution is 1.94. The maximum absolute atomic E-state index is 11.0. The second kappa shape index (κ2) is 5.98. The molecule has 1 heterocycles. The normalized spacial score (nSPS) is 18.6. The van der Waals surface area contributed by atoms with Gasteiger partial charge in [-0.2, -0.15) is 0 Å². The van der Waals surface area contributed by atoms with Crippen LogP contribution in [0.4, 0.5) is 0 Å². The molecule has 0 aliphatic carbocycles. The van der Waals surface area contributed by atoms with Gasteiger partial charge in [0, 0.05) is 19.1 Å². The Bertz CT molecular complexity index is 182. The Hall–Kier alpha value is -0.610. The highest BCUT2D eigenvalue weighted by molar-refractivity contribution is 5.78. The number of carbonyl (C=O) groups excluding carboxylic acids is 1. The molecule has 1 saturated heterocycles. The summed E-state index contributed by atoms with van der Waals surface area (Å²) in [4.78, 5) is 13.3. The van der Waals surface area contributed by atoms with Crippen LogP contribution in [0.5, 0.6) is 0 Å². The first-order chi connectivity index (χ1) is 6.68. The minimum Gasteiger partial charge on any atom is -0.354 e. The third-order valence-corrected chi connectivity index (χ3v) is 2.32. The summed E-state index contributed by atoms with van der Waals surface area (Å²) in [6.45, 7) is 8.72. The number of nitrogens with zero attached hydrogens (tertiary/aromatic N) is 1. The molecule has 0 radical (unpaired) electrons. The molecule has 0 bridgehead atoms. The van der Waals surface area contributed by atoms with Gasteiger partial charge in [-0.05, 0) is 19.5 Å². The molecule has 0 aromatic rings. The Morgan fingerprint density at radius 3 is 3.00 bits per heavy atom. The molecule has 0 atom stereocenters. The summed E-state index contributed by atoms with van der Waals surface area (Å²) >= 11 is 0. The summed E-state index contributed by atoms with van der Waals surface area (Å²) in [7, 11) is 0. The topological polar surface area (TPSA) is 44.4 Å². The van der Waals surface area contributed by atoms with Gasteiger partial charge in [0.15, 0.2) is 0 Å². The molecule has 0 aromatic carbocycles. The molecular weight excluding hydrogens is 178 g/mol. The van der Waals surface area contributed by atoms with Gasteiger partial charge in [0.1, 0.15) is 0 Å². The SMILES string of the molecule is CC(C)NCCCN1CCNC(=O)C1. The van der Waals surface area contributed by atoms with Crippen molar-refractivity contribution in [3.63, 3.8) is 0 Å². The second-order valence-electron chi connectivity index (χ2n) is 4.09. The van der Waals surface area contributed by atoms with Crippen LogP contribution in [0.3, 0.4) is 0 Å². The summed E-state index contributed by atoms with van der Waals surface area (Å²) in [5.74, 6) is 0.160. The fourth-order valence-corrected chi connectivity index (χ4v) is 1.58.